The summed E-state index contributed by atoms with van der Waals surface area (Å²) in [5.74, 6) is 0. The van der Waals surface area contributed by atoms with Gasteiger partial charge in [-0.1, -0.05) is 54.1 Å². The maximum Gasteiger partial charge on any atom is 0.417 e. The van der Waals surface area contributed by atoms with Gasteiger partial charge in [-0.3, -0.25) is 0 Å². The highest BCUT2D eigenvalue weighted by Crippen LogP contribution is 2.39. The number of alkyl halides is 3. The molecule has 0 aromatic heterocycles. The molecule has 0 aliphatic rings. The Bertz CT molecular complexity index is 915. The molecule has 0 heterocycles. The van der Waals surface area contributed by atoms with Crippen molar-refractivity contribution >= 4 is 10.8 Å². The molecule has 3 rings (SSSR count). The second-order valence-corrected chi connectivity index (χ2v) is 7.07. The fraction of sp³-hybridized carbons (Fsp3) is 0.100. The normalized spacial score (nSPS) is 12.8. The Morgan fingerprint density at radius 2 is 1.32 bits per heavy atom. The van der Waals surface area contributed by atoms with Gasteiger partial charge in [0.05, 0.1) is 21.3 Å². The number of benzene rings is 3. The first-order valence-electron chi connectivity index (χ1n) is 7.62. The molecule has 0 aliphatic carbocycles. The molecule has 0 spiro atoms. The van der Waals surface area contributed by atoms with Gasteiger partial charge in [-0.2, -0.15) is 13.2 Å². The Morgan fingerprint density at radius 1 is 0.760 bits per heavy atom. The van der Waals surface area contributed by atoms with Gasteiger partial charge in [-0.15, -0.1) is 0 Å². The highest BCUT2D eigenvalue weighted by molar-refractivity contribution is 7.85. The van der Waals surface area contributed by atoms with Crippen LogP contribution in [0.15, 0.2) is 82.6 Å². The Labute approximate surface area is 146 Å². The Kier molecular flexibility index (Phi) is 4.77. The maximum atomic E-state index is 13.4. The zero-order chi connectivity index (χ0) is 18.0. The van der Waals surface area contributed by atoms with Gasteiger partial charge < -0.3 is 0 Å². The van der Waals surface area contributed by atoms with Gasteiger partial charge in [0.15, 0.2) is 0 Å². The summed E-state index contributed by atoms with van der Waals surface area (Å²) in [6.07, 6.45) is -4.48. The van der Waals surface area contributed by atoms with Crippen molar-refractivity contribution in [3.63, 3.8) is 0 Å². The van der Waals surface area contributed by atoms with Gasteiger partial charge >= 0.3 is 6.18 Å². The number of rotatable bonds is 3. The highest BCUT2D eigenvalue weighted by Gasteiger charge is 2.34. The molecule has 0 fully saturated rings. The topological polar surface area (TPSA) is 17.1 Å². The molecule has 5 heteroatoms. The van der Waals surface area contributed by atoms with Gasteiger partial charge in [0, 0.05) is 4.90 Å². The van der Waals surface area contributed by atoms with Crippen LogP contribution in [0, 0.1) is 6.92 Å². The molecular weight excluding hydrogens is 345 g/mol. The minimum Gasteiger partial charge on any atom is -0.249 e. The fourth-order valence-electron chi connectivity index (χ4n) is 2.60. The molecule has 0 N–H and O–H groups in total. The van der Waals surface area contributed by atoms with Gasteiger partial charge in [-0.05, 0) is 42.3 Å². The van der Waals surface area contributed by atoms with Crippen molar-refractivity contribution in [3.8, 4) is 11.1 Å². The summed E-state index contributed by atoms with van der Waals surface area (Å²) >= 11 is 0. The molecule has 0 bridgehead atoms. The van der Waals surface area contributed by atoms with Crippen molar-refractivity contribution in [2.45, 2.75) is 22.9 Å². The summed E-state index contributed by atoms with van der Waals surface area (Å²) in [6, 6.07) is 19.0. The van der Waals surface area contributed by atoms with Crippen LogP contribution in [-0.2, 0) is 17.0 Å². The van der Waals surface area contributed by atoms with Crippen LogP contribution in [-0.4, -0.2) is 4.21 Å². The second kappa shape index (κ2) is 6.84. The highest BCUT2D eigenvalue weighted by atomic mass is 32.2. The molecule has 0 aliphatic heterocycles. The third-order valence-electron chi connectivity index (χ3n) is 3.84. The quantitative estimate of drug-likeness (QED) is 0.573. The lowest BCUT2D eigenvalue weighted by Crippen LogP contribution is -2.08. The molecular formula is C20H15F3OS. The SMILES string of the molecule is Cc1ccc([S@](=O)c2ccccc2-c2ccccc2C(F)(F)F)cc1. The average Bonchev–Trinajstić information content (AvgIpc) is 2.61. The second-order valence-electron chi connectivity index (χ2n) is 5.62. The van der Waals surface area contributed by atoms with Crippen LogP contribution in [0.1, 0.15) is 11.1 Å². The molecule has 0 unspecified atom stereocenters. The summed E-state index contributed by atoms with van der Waals surface area (Å²) < 4.78 is 53.0. The van der Waals surface area contributed by atoms with Crippen molar-refractivity contribution in [2.24, 2.45) is 0 Å². The van der Waals surface area contributed by atoms with Crippen LogP contribution in [0.25, 0.3) is 11.1 Å². The van der Waals surface area contributed by atoms with Crippen molar-refractivity contribution in [1.29, 1.82) is 0 Å². The van der Waals surface area contributed by atoms with E-state index >= 15 is 0 Å². The van der Waals surface area contributed by atoms with E-state index in [9.17, 15) is 17.4 Å². The van der Waals surface area contributed by atoms with E-state index < -0.39 is 22.5 Å². The summed E-state index contributed by atoms with van der Waals surface area (Å²) in [5.41, 5.74) is 0.653. The van der Waals surface area contributed by atoms with Crippen molar-refractivity contribution in [2.75, 3.05) is 0 Å². The van der Waals surface area contributed by atoms with E-state index in [1.807, 2.05) is 19.1 Å². The number of halogens is 3. The van der Waals surface area contributed by atoms with E-state index in [0.29, 0.717) is 15.4 Å². The molecule has 1 atom stereocenters. The van der Waals surface area contributed by atoms with Crippen molar-refractivity contribution < 1.29 is 17.4 Å². The molecule has 0 saturated heterocycles. The van der Waals surface area contributed by atoms with Crippen LogP contribution in [0.2, 0.25) is 0 Å². The zero-order valence-corrected chi connectivity index (χ0v) is 14.2. The molecule has 3 aromatic carbocycles. The fourth-order valence-corrected chi connectivity index (χ4v) is 3.82. The van der Waals surface area contributed by atoms with Crippen molar-refractivity contribution in [1.82, 2.24) is 0 Å². The van der Waals surface area contributed by atoms with E-state index in [4.69, 9.17) is 0 Å². The molecule has 0 amide bonds. The van der Waals surface area contributed by atoms with Crippen LogP contribution in [0.4, 0.5) is 13.2 Å². The molecule has 1 nitrogen and oxygen atoms in total. The molecule has 128 valence electrons. The lowest BCUT2D eigenvalue weighted by molar-refractivity contribution is -0.137. The number of aryl methyl sites for hydroxylation is 1. The Morgan fingerprint density at radius 3 is 1.96 bits per heavy atom. The number of hydrogen-bond acceptors (Lipinski definition) is 1. The maximum absolute atomic E-state index is 13.4. The summed E-state index contributed by atoms with van der Waals surface area (Å²) in [4.78, 5) is 0.922. The molecule has 0 saturated carbocycles. The molecule has 3 aromatic rings. The predicted octanol–water partition coefficient (Wildman–Crippen LogP) is 5.85. The first kappa shape index (κ1) is 17.4. The van der Waals surface area contributed by atoms with Crippen molar-refractivity contribution in [3.05, 3.63) is 83.9 Å². The minimum atomic E-state index is -4.48. The summed E-state index contributed by atoms with van der Waals surface area (Å²) in [6.45, 7) is 1.92. The van der Waals surface area contributed by atoms with Crippen LogP contribution in [0.5, 0.6) is 0 Å². The van der Waals surface area contributed by atoms with Gasteiger partial charge in [0.2, 0.25) is 0 Å². The predicted molar refractivity (Wildman–Crippen MR) is 92.7 cm³/mol. The zero-order valence-electron chi connectivity index (χ0n) is 13.4. The van der Waals surface area contributed by atoms with Gasteiger partial charge in [-0.25, -0.2) is 4.21 Å². The Balaban J connectivity index is 2.15. The van der Waals surface area contributed by atoms with Gasteiger partial charge in [0.25, 0.3) is 0 Å². The smallest absolute Gasteiger partial charge is 0.249 e. The van der Waals surface area contributed by atoms with Crippen LogP contribution >= 0.6 is 0 Å². The first-order chi connectivity index (χ1) is 11.9. The van der Waals surface area contributed by atoms with Gasteiger partial charge in [0.1, 0.15) is 0 Å². The molecule has 0 radical (unpaired) electrons. The van der Waals surface area contributed by atoms with E-state index in [2.05, 4.69) is 0 Å². The largest absolute Gasteiger partial charge is 0.417 e. The summed E-state index contributed by atoms with van der Waals surface area (Å²) in [7, 11) is -1.57. The van der Waals surface area contributed by atoms with E-state index in [1.54, 1.807) is 42.5 Å². The average molecular weight is 360 g/mol. The summed E-state index contributed by atoms with van der Waals surface area (Å²) in [5, 5.41) is 0. The third kappa shape index (κ3) is 3.66. The minimum absolute atomic E-state index is 0.0334. The number of hydrogen-bond donors (Lipinski definition) is 0. The lowest BCUT2D eigenvalue weighted by Gasteiger charge is -2.15. The van der Waals surface area contributed by atoms with Crippen LogP contribution < -0.4 is 0 Å². The lowest BCUT2D eigenvalue weighted by atomic mass is 9.99. The van der Waals surface area contributed by atoms with Crippen LogP contribution in [0.3, 0.4) is 0 Å². The Hall–Kier alpha value is -2.40. The third-order valence-corrected chi connectivity index (χ3v) is 5.30. The molecule has 25 heavy (non-hydrogen) atoms. The van der Waals surface area contributed by atoms with E-state index in [1.165, 1.54) is 12.1 Å². The van der Waals surface area contributed by atoms with E-state index in [-0.39, 0.29) is 5.56 Å². The van der Waals surface area contributed by atoms with E-state index in [0.717, 1.165) is 11.6 Å². The monoisotopic (exact) mass is 360 g/mol. The first-order valence-corrected chi connectivity index (χ1v) is 8.77. The standard InChI is InChI=1S/C20H15F3OS/c1-14-10-12-15(13-11-14)25(24)19-9-5-3-7-17(19)16-6-2-4-8-18(16)20(21,22)23/h2-13H,1H3/t25-/m0/s1.